The number of carbonyl (C=O) groups excluding carboxylic acids is 1. The summed E-state index contributed by atoms with van der Waals surface area (Å²) in [5.41, 5.74) is 3.37. The number of ether oxygens (including phenoxy) is 2. The van der Waals surface area contributed by atoms with Crippen molar-refractivity contribution in [1.82, 2.24) is 5.01 Å². The lowest BCUT2D eigenvalue weighted by Crippen LogP contribution is -2.33. The average Bonchev–Trinajstić information content (AvgIpc) is 3.39. The third-order valence-electron chi connectivity index (χ3n) is 5.39. The summed E-state index contributed by atoms with van der Waals surface area (Å²) >= 11 is 3.57. The first-order valence-corrected chi connectivity index (χ1v) is 10.4. The number of rotatable bonds is 3. The van der Waals surface area contributed by atoms with Crippen molar-refractivity contribution in [3.8, 4) is 5.75 Å². The SMILES string of the molecule is COC(=O)c1ccc([C@@H]2Oc3ccc(Br)cc3[C@@H]3CC(c4ccc(C)o4)=NN32)cc1. The summed E-state index contributed by atoms with van der Waals surface area (Å²) in [6, 6.07) is 17.2. The minimum absolute atomic E-state index is 0.0249. The van der Waals surface area contributed by atoms with Gasteiger partial charge in [0.25, 0.3) is 0 Å². The molecule has 0 amide bonds. The van der Waals surface area contributed by atoms with Crippen molar-refractivity contribution in [3.63, 3.8) is 0 Å². The topological polar surface area (TPSA) is 64.3 Å². The molecule has 3 aromatic rings. The van der Waals surface area contributed by atoms with Crippen LogP contribution >= 0.6 is 15.9 Å². The summed E-state index contributed by atoms with van der Waals surface area (Å²) in [6.07, 6.45) is 0.306. The van der Waals surface area contributed by atoms with E-state index in [2.05, 4.69) is 22.0 Å². The third kappa shape index (κ3) is 3.19. The zero-order valence-electron chi connectivity index (χ0n) is 16.5. The van der Waals surface area contributed by atoms with E-state index < -0.39 is 6.23 Å². The highest BCUT2D eigenvalue weighted by atomic mass is 79.9. The van der Waals surface area contributed by atoms with Crippen molar-refractivity contribution in [3.05, 3.63) is 87.3 Å². The van der Waals surface area contributed by atoms with Gasteiger partial charge in [-0.15, -0.1) is 0 Å². The summed E-state index contributed by atoms with van der Waals surface area (Å²) in [6.45, 7) is 1.92. The maximum Gasteiger partial charge on any atom is 0.337 e. The summed E-state index contributed by atoms with van der Waals surface area (Å²) in [5, 5.41) is 6.86. The fraction of sp³-hybridized carbons (Fsp3) is 0.217. The highest BCUT2D eigenvalue weighted by molar-refractivity contribution is 9.10. The number of carbonyl (C=O) groups is 1. The van der Waals surface area contributed by atoms with E-state index in [0.29, 0.717) is 5.56 Å². The molecule has 6 nitrogen and oxygen atoms in total. The smallest absolute Gasteiger partial charge is 0.337 e. The molecule has 0 N–H and O–H groups in total. The van der Waals surface area contributed by atoms with Crippen molar-refractivity contribution in [2.75, 3.05) is 7.11 Å². The molecule has 0 bridgehead atoms. The molecule has 1 aromatic heterocycles. The fourth-order valence-electron chi connectivity index (χ4n) is 3.92. The third-order valence-corrected chi connectivity index (χ3v) is 5.89. The first kappa shape index (κ1) is 18.9. The van der Waals surface area contributed by atoms with Gasteiger partial charge in [0.1, 0.15) is 23.0 Å². The highest BCUT2D eigenvalue weighted by Gasteiger charge is 2.41. The zero-order valence-corrected chi connectivity index (χ0v) is 18.0. The van der Waals surface area contributed by atoms with E-state index in [1.165, 1.54) is 7.11 Å². The lowest BCUT2D eigenvalue weighted by molar-refractivity contribution is -0.0191. The number of hydrogen-bond acceptors (Lipinski definition) is 6. The van der Waals surface area contributed by atoms with Crippen LogP contribution in [0, 0.1) is 6.92 Å². The Labute approximate surface area is 182 Å². The number of fused-ring (bicyclic) bond motifs is 3. The summed E-state index contributed by atoms with van der Waals surface area (Å²) < 4.78 is 18.0. The second-order valence-corrected chi connectivity index (χ2v) is 8.24. The van der Waals surface area contributed by atoms with Crippen LogP contribution in [0.3, 0.4) is 0 Å². The molecular weight excluding hydrogens is 448 g/mol. The number of methoxy groups -OCH3 is 1. The molecule has 0 saturated heterocycles. The van der Waals surface area contributed by atoms with E-state index in [1.807, 2.05) is 48.3 Å². The van der Waals surface area contributed by atoms with Crippen LogP contribution in [0.5, 0.6) is 5.75 Å². The predicted octanol–water partition coefficient (Wildman–Crippen LogP) is 5.38. The van der Waals surface area contributed by atoms with Crippen LogP contribution < -0.4 is 4.74 Å². The summed E-state index contributed by atoms with van der Waals surface area (Å²) in [7, 11) is 1.37. The van der Waals surface area contributed by atoms with Crippen molar-refractivity contribution in [2.24, 2.45) is 5.10 Å². The fourth-order valence-corrected chi connectivity index (χ4v) is 4.30. The van der Waals surface area contributed by atoms with Gasteiger partial charge in [0.2, 0.25) is 6.23 Å². The molecule has 2 atom stereocenters. The molecule has 0 spiro atoms. The molecule has 7 heteroatoms. The Morgan fingerprint density at radius 2 is 1.97 bits per heavy atom. The number of esters is 1. The maximum absolute atomic E-state index is 11.8. The van der Waals surface area contributed by atoms with Gasteiger partial charge >= 0.3 is 5.97 Å². The van der Waals surface area contributed by atoms with Crippen LogP contribution in [0.2, 0.25) is 0 Å². The number of hydrogen-bond donors (Lipinski definition) is 0. The predicted molar refractivity (Wildman–Crippen MR) is 114 cm³/mol. The van der Waals surface area contributed by atoms with Crippen LogP contribution in [0.25, 0.3) is 0 Å². The van der Waals surface area contributed by atoms with Crippen molar-refractivity contribution in [1.29, 1.82) is 0 Å². The molecule has 30 heavy (non-hydrogen) atoms. The number of nitrogens with zero attached hydrogens (tertiary/aromatic N) is 2. The van der Waals surface area contributed by atoms with Gasteiger partial charge in [-0.25, -0.2) is 9.80 Å². The van der Waals surface area contributed by atoms with Crippen molar-refractivity contribution in [2.45, 2.75) is 25.6 Å². The van der Waals surface area contributed by atoms with E-state index in [9.17, 15) is 4.79 Å². The molecule has 0 saturated carbocycles. The molecule has 0 unspecified atom stereocenters. The molecule has 2 aliphatic rings. The largest absolute Gasteiger partial charge is 0.465 e. The minimum Gasteiger partial charge on any atom is -0.465 e. The molecule has 2 aliphatic heterocycles. The van der Waals surface area contributed by atoms with Gasteiger partial charge in [0.15, 0.2) is 0 Å². The number of hydrazone groups is 1. The molecular formula is C23H19BrN2O4. The monoisotopic (exact) mass is 466 g/mol. The van der Waals surface area contributed by atoms with Crippen LogP contribution in [-0.2, 0) is 4.74 Å². The Hall–Kier alpha value is -3.06. The normalized spacial score (nSPS) is 19.6. The van der Waals surface area contributed by atoms with Gasteiger partial charge in [0.05, 0.1) is 18.7 Å². The van der Waals surface area contributed by atoms with Gasteiger partial charge in [-0.1, -0.05) is 28.1 Å². The Kier molecular flexibility index (Phi) is 4.62. The van der Waals surface area contributed by atoms with Crippen LogP contribution in [0.4, 0.5) is 0 Å². The van der Waals surface area contributed by atoms with Gasteiger partial charge in [-0.05, 0) is 49.4 Å². The van der Waals surface area contributed by atoms with Crippen molar-refractivity contribution >= 4 is 27.6 Å². The van der Waals surface area contributed by atoms with E-state index >= 15 is 0 Å². The minimum atomic E-state index is -0.413. The molecule has 3 heterocycles. The number of benzene rings is 2. The van der Waals surface area contributed by atoms with E-state index in [-0.39, 0.29) is 12.0 Å². The lowest BCUT2D eigenvalue weighted by atomic mass is 9.97. The second-order valence-electron chi connectivity index (χ2n) is 7.32. The molecule has 0 radical (unpaired) electrons. The molecule has 2 aromatic carbocycles. The Bertz CT molecular complexity index is 1150. The van der Waals surface area contributed by atoms with Gasteiger partial charge in [0, 0.05) is 22.0 Å². The van der Waals surface area contributed by atoms with E-state index in [1.54, 1.807) is 12.1 Å². The number of halogens is 1. The average molecular weight is 467 g/mol. The van der Waals surface area contributed by atoms with Crippen LogP contribution in [0.1, 0.15) is 51.7 Å². The van der Waals surface area contributed by atoms with Gasteiger partial charge < -0.3 is 13.9 Å². The Morgan fingerprint density at radius 3 is 2.67 bits per heavy atom. The first-order chi connectivity index (χ1) is 14.5. The van der Waals surface area contributed by atoms with Gasteiger partial charge in [-0.2, -0.15) is 5.10 Å². The molecule has 152 valence electrons. The van der Waals surface area contributed by atoms with Crippen molar-refractivity contribution < 1.29 is 18.7 Å². The molecule has 5 rings (SSSR count). The Morgan fingerprint density at radius 1 is 1.17 bits per heavy atom. The first-order valence-electron chi connectivity index (χ1n) is 9.60. The van der Waals surface area contributed by atoms with E-state index in [4.69, 9.17) is 19.0 Å². The molecule has 0 aliphatic carbocycles. The standard InChI is InChI=1S/C23H19BrN2O4/c1-13-3-9-21(29-13)18-12-19-17-11-16(24)8-10-20(17)30-22(26(19)25-18)14-4-6-15(7-5-14)23(27)28-2/h3-11,19,22H,12H2,1-2H3/t19-,22-/m0/s1. The summed E-state index contributed by atoms with van der Waals surface area (Å²) in [5.74, 6) is 2.09. The maximum atomic E-state index is 11.8. The zero-order chi connectivity index (χ0) is 20.8. The van der Waals surface area contributed by atoms with Gasteiger partial charge in [-0.3, -0.25) is 0 Å². The summed E-state index contributed by atoms with van der Waals surface area (Å²) in [4.78, 5) is 11.8. The number of furan rings is 1. The quantitative estimate of drug-likeness (QED) is 0.484. The Balaban J connectivity index is 1.56. The van der Waals surface area contributed by atoms with E-state index in [0.717, 1.165) is 45.0 Å². The second kappa shape index (κ2) is 7.32. The van der Waals surface area contributed by atoms with Crippen LogP contribution in [-0.4, -0.2) is 23.8 Å². The molecule has 0 fully saturated rings. The van der Waals surface area contributed by atoms with Crippen LogP contribution in [0.15, 0.2) is 68.6 Å². The highest BCUT2D eigenvalue weighted by Crippen LogP contribution is 2.48. The lowest BCUT2D eigenvalue weighted by Gasteiger charge is -2.38. The number of aryl methyl sites for hydroxylation is 1.